The summed E-state index contributed by atoms with van der Waals surface area (Å²) in [6.07, 6.45) is 2.56. The van der Waals surface area contributed by atoms with Gasteiger partial charge in [0.1, 0.15) is 4.90 Å². The monoisotopic (exact) mass is 287 g/mol. The molecular weight excluding hydrogens is 274 g/mol. The number of nitrogens with one attached hydrogen (secondary N) is 3. The first-order valence-electron chi connectivity index (χ1n) is 5.17. The maximum Gasteiger partial charge on any atom is 0.266 e. The van der Waals surface area contributed by atoms with Crippen LogP contribution in [0.25, 0.3) is 0 Å². The summed E-state index contributed by atoms with van der Waals surface area (Å²) in [5.41, 5.74) is 0.799. The van der Waals surface area contributed by atoms with Crippen LogP contribution < -0.4 is 10.0 Å². The largest absolute Gasteiger partial charge is 0.312 e. The predicted molar refractivity (Wildman–Crippen MR) is 69.0 cm³/mol. The Morgan fingerprint density at radius 2 is 2.28 bits per heavy atom. The van der Waals surface area contributed by atoms with E-state index < -0.39 is 10.0 Å². The van der Waals surface area contributed by atoms with Gasteiger partial charge in [0, 0.05) is 17.6 Å². The fourth-order valence-corrected chi connectivity index (χ4v) is 3.20. The van der Waals surface area contributed by atoms with Gasteiger partial charge in [0.2, 0.25) is 0 Å². The van der Waals surface area contributed by atoms with E-state index in [4.69, 9.17) is 0 Å². The molecule has 2 heterocycles. The summed E-state index contributed by atoms with van der Waals surface area (Å²) in [7, 11) is -1.79. The van der Waals surface area contributed by atoms with Crippen LogP contribution in [0.3, 0.4) is 0 Å². The number of rotatable bonds is 5. The number of aromatic nitrogens is 3. The van der Waals surface area contributed by atoms with Crippen LogP contribution in [0, 0.1) is 0 Å². The summed E-state index contributed by atoms with van der Waals surface area (Å²) < 4.78 is 26.2. The topological polar surface area (TPSA) is 99.8 Å². The van der Waals surface area contributed by atoms with Crippen molar-refractivity contribution in [1.82, 2.24) is 20.5 Å². The van der Waals surface area contributed by atoms with E-state index in [1.54, 1.807) is 0 Å². The molecule has 0 aromatic carbocycles. The standard InChI is InChI=1S/C9H13N5O2S2/c1-6(10-2)8-5-17-9(13-8)14-18(15,16)7-3-11-12-4-7/h3-6,10H,1-2H3,(H,11,12)(H,13,14). The Labute approximate surface area is 109 Å². The number of thiazole rings is 1. The van der Waals surface area contributed by atoms with E-state index in [-0.39, 0.29) is 10.9 Å². The maximum atomic E-state index is 11.9. The zero-order valence-electron chi connectivity index (χ0n) is 9.84. The highest BCUT2D eigenvalue weighted by Crippen LogP contribution is 2.22. The number of aromatic amines is 1. The van der Waals surface area contributed by atoms with E-state index in [0.717, 1.165) is 5.69 Å². The van der Waals surface area contributed by atoms with Crippen LogP contribution >= 0.6 is 11.3 Å². The van der Waals surface area contributed by atoms with Crippen molar-refractivity contribution in [2.75, 3.05) is 11.8 Å². The first-order chi connectivity index (χ1) is 8.53. The van der Waals surface area contributed by atoms with Crippen LogP contribution in [0.4, 0.5) is 5.13 Å². The number of sulfonamides is 1. The molecule has 9 heteroatoms. The van der Waals surface area contributed by atoms with Gasteiger partial charge in [0.15, 0.2) is 5.13 Å². The third kappa shape index (κ3) is 2.68. The fraction of sp³-hybridized carbons (Fsp3) is 0.333. The van der Waals surface area contributed by atoms with E-state index in [1.807, 2.05) is 19.4 Å². The lowest BCUT2D eigenvalue weighted by molar-refractivity contribution is 0.601. The molecule has 18 heavy (non-hydrogen) atoms. The maximum absolute atomic E-state index is 11.9. The summed E-state index contributed by atoms with van der Waals surface area (Å²) >= 11 is 1.25. The minimum Gasteiger partial charge on any atom is -0.312 e. The molecule has 0 aliphatic carbocycles. The molecule has 0 fully saturated rings. The molecule has 7 nitrogen and oxygen atoms in total. The molecule has 1 atom stereocenters. The number of hydrogen-bond acceptors (Lipinski definition) is 6. The second-order valence-corrected chi connectivity index (χ2v) is 6.17. The zero-order chi connectivity index (χ0) is 13.2. The van der Waals surface area contributed by atoms with Crippen LogP contribution in [-0.4, -0.2) is 30.6 Å². The highest BCUT2D eigenvalue weighted by Gasteiger charge is 2.17. The van der Waals surface area contributed by atoms with Crippen molar-refractivity contribution in [1.29, 1.82) is 0 Å². The number of H-pyrrole nitrogens is 1. The van der Waals surface area contributed by atoms with Crippen molar-refractivity contribution < 1.29 is 8.42 Å². The zero-order valence-corrected chi connectivity index (χ0v) is 11.5. The molecule has 0 spiro atoms. The SMILES string of the molecule is CNC(C)c1csc(NS(=O)(=O)c2cn[nH]c2)n1. The molecule has 0 bridgehead atoms. The van der Waals surface area contributed by atoms with Gasteiger partial charge in [0.05, 0.1) is 11.9 Å². The third-order valence-corrected chi connectivity index (χ3v) is 4.61. The Hall–Kier alpha value is -1.45. The minimum atomic E-state index is -3.61. The Balaban J connectivity index is 2.17. The van der Waals surface area contributed by atoms with Crippen molar-refractivity contribution in [2.45, 2.75) is 17.9 Å². The van der Waals surface area contributed by atoms with Crippen molar-refractivity contribution >= 4 is 26.5 Å². The first kappa shape index (κ1) is 13.0. The van der Waals surface area contributed by atoms with Crippen molar-refractivity contribution in [3.63, 3.8) is 0 Å². The van der Waals surface area contributed by atoms with Crippen LogP contribution in [0.15, 0.2) is 22.7 Å². The van der Waals surface area contributed by atoms with Gasteiger partial charge in [-0.05, 0) is 14.0 Å². The highest BCUT2D eigenvalue weighted by atomic mass is 32.2. The number of hydrogen-bond donors (Lipinski definition) is 3. The summed E-state index contributed by atoms with van der Waals surface area (Å²) in [6, 6.07) is 0.0772. The van der Waals surface area contributed by atoms with Crippen LogP contribution in [0.2, 0.25) is 0 Å². The highest BCUT2D eigenvalue weighted by molar-refractivity contribution is 7.93. The van der Waals surface area contributed by atoms with E-state index >= 15 is 0 Å². The van der Waals surface area contributed by atoms with Crippen LogP contribution in [0.5, 0.6) is 0 Å². The smallest absolute Gasteiger partial charge is 0.266 e. The lowest BCUT2D eigenvalue weighted by Crippen LogP contribution is -2.14. The Bertz CT molecular complexity index is 605. The predicted octanol–water partition coefficient (Wildman–Crippen LogP) is 0.947. The molecule has 0 radical (unpaired) electrons. The van der Waals surface area contributed by atoms with Crippen molar-refractivity contribution in [3.05, 3.63) is 23.5 Å². The van der Waals surface area contributed by atoms with Gasteiger partial charge in [-0.1, -0.05) is 0 Å². The van der Waals surface area contributed by atoms with Gasteiger partial charge in [0.25, 0.3) is 10.0 Å². The van der Waals surface area contributed by atoms with Gasteiger partial charge in [-0.25, -0.2) is 13.4 Å². The molecule has 1 unspecified atom stereocenters. The average Bonchev–Trinajstić information content (AvgIpc) is 2.97. The Morgan fingerprint density at radius 3 is 2.89 bits per heavy atom. The molecule has 3 N–H and O–H groups in total. The summed E-state index contributed by atoms with van der Waals surface area (Å²) in [5, 5.41) is 11.3. The normalized spacial score (nSPS) is 13.4. The molecule has 98 valence electrons. The lowest BCUT2D eigenvalue weighted by Gasteiger charge is -2.05. The number of nitrogens with zero attached hydrogens (tertiary/aromatic N) is 2. The first-order valence-corrected chi connectivity index (χ1v) is 7.53. The van der Waals surface area contributed by atoms with E-state index in [2.05, 4.69) is 25.2 Å². The van der Waals surface area contributed by atoms with Gasteiger partial charge >= 0.3 is 0 Å². The van der Waals surface area contributed by atoms with Crippen molar-refractivity contribution in [3.8, 4) is 0 Å². The second kappa shape index (κ2) is 5.04. The van der Waals surface area contributed by atoms with Gasteiger partial charge in [-0.2, -0.15) is 5.10 Å². The minimum absolute atomic E-state index is 0.0772. The molecule has 0 saturated carbocycles. The lowest BCUT2D eigenvalue weighted by atomic mass is 10.3. The summed E-state index contributed by atoms with van der Waals surface area (Å²) in [4.78, 5) is 4.30. The second-order valence-electron chi connectivity index (χ2n) is 3.63. The van der Waals surface area contributed by atoms with Crippen molar-refractivity contribution in [2.24, 2.45) is 0 Å². The third-order valence-electron chi connectivity index (χ3n) is 2.40. The van der Waals surface area contributed by atoms with E-state index in [9.17, 15) is 8.42 Å². The number of anilines is 1. The van der Waals surface area contributed by atoms with Gasteiger partial charge in [-0.15, -0.1) is 11.3 Å². The Kier molecular flexibility index (Phi) is 3.64. The summed E-state index contributed by atoms with van der Waals surface area (Å²) in [5.74, 6) is 0. The van der Waals surface area contributed by atoms with E-state index in [0.29, 0.717) is 5.13 Å². The van der Waals surface area contributed by atoms with Gasteiger partial charge < -0.3 is 5.32 Å². The quantitative estimate of drug-likeness (QED) is 0.760. The molecule has 0 amide bonds. The molecule has 0 saturated heterocycles. The Morgan fingerprint density at radius 1 is 1.50 bits per heavy atom. The van der Waals surface area contributed by atoms with Gasteiger partial charge in [-0.3, -0.25) is 9.82 Å². The molecule has 0 aliphatic rings. The average molecular weight is 287 g/mol. The van der Waals surface area contributed by atoms with E-state index in [1.165, 1.54) is 23.7 Å². The summed E-state index contributed by atoms with van der Waals surface area (Å²) in [6.45, 7) is 1.95. The van der Waals surface area contributed by atoms with Crippen LogP contribution in [-0.2, 0) is 10.0 Å². The molecule has 2 aromatic heterocycles. The fourth-order valence-electron chi connectivity index (χ4n) is 1.24. The van der Waals surface area contributed by atoms with Crippen LogP contribution in [0.1, 0.15) is 18.7 Å². The molecule has 2 rings (SSSR count). The molecular formula is C9H13N5O2S2. The molecule has 2 aromatic rings. The molecule has 0 aliphatic heterocycles.